The molecule has 1 aliphatic heterocycles. The number of hydrogen-bond donors (Lipinski definition) is 1. The van der Waals surface area contributed by atoms with Crippen LogP contribution in [-0.4, -0.2) is 12.5 Å². The fourth-order valence-electron chi connectivity index (χ4n) is 2.86. The van der Waals surface area contributed by atoms with Crippen LogP contribution in [0.15, 0.2) is 11.1 Å². The molecule has 0 aromatic carbocycles. The SMILES string of the molecule is O=C1NCC2C1=C1CCC2C1. The largest absolute Gasteiger partial charge is 0.352 e. The molecule has 3 rings (SSSR count). The van der Waals surface area contributed by atoms with E-state index in [0.29, 0.717) is 5.92 Å². The average Bonchev–Trinajstić information content (AvgIpc) is 2.60. The zero-order chi connectivity index (χ0) is 7.42. The molecule has 1 saturated heterocycles. The van der Waals surface area contributed by atoms with E-state index in [4.69, 9.17) is 0 Å². The van der Waals surface area contributed by atoms with Crippen molar-refractivity contribution in [2.75, 3.05) is 6.54 Å². The predicted octanol–water partition coefficient (Wildman–Crippen LogP) is 0.843. The van der Waals surface area contributed by atoms with Crippen LogP contribution in [0.2, 0.25) is 0 Å². The minimum atomic E-state index is 0.229. The van der Waals surface area contributed by atoms with Crippen LogP contribution in [0.1, 0.15) is 19.3 Å². The van der Waals surface area contributed by atoms with Gasteiger partial charge < -0.3 is 5.32 Å². The molecular weight excluding hydrogens is 138 g/mol. The Morgan fingerprint density at radius 1 is 1.45 bits per heavy atom. The maximum absolute atomic E-state index is 11.3. The van der Waals surface area contributed by atoms with Gasteiger partial charge in [-0.05, 0) is 25.2 Å². The summed E-state index contributed by atoms with van der Waals surface area (Å²) in [6.45, 7) is 0.919. The van der Waals surface area contributed by atoms with Crippen molar-refractivity contribution in [3.63, 3.8) is 0 Å². The standard InChI is InChI=1S/C9H11NO/c11-9-8-6-2-1-5(3-6)7(8)4-10-9/h5,7H,1-4H2,(H,10,11). The van der Waals surface area contributed by atoms with Crippen molar-refractivity contribution in [3.8, 4) is 0 Å². The molecule has 58 valence electrons. The van der Waals surface area contributed by atoms with Crippen LogP contribution < -0.4 is 5.32 Å². The van der Waals surface area contributed by atoms with Crippen LogP contribution in [0.3, 0.4) is 0 Å². The lowest BCUT2D eigenvalue weighted by atomic mass is 9.89. The van der Waals surface area contributed by atoms with Crippen molar-refractivity contribution in [2.24, 2.45) is 11.8 Å². The van der Waals surface area contributed by atoms with E-state index in [1.807, 2.05) is 0 Å². The molecule has 0 aromatic heterocycles. The van der Waals surface area contributed by atoms with Crippen LogP contribution in [0.4, 0.5) is 0 Å². The third-order valence-corrected chi connectivity index (χ3v) is 3.37. The molecule has 11 heavy (non-hydrogen) atoms. The van der Waals surface area contributed by atoms with Crippen molar-refractivity contribution >= 4 is 5.91 Å². The van der Waals surface area contributed by atoms with Crippen LogP contribution >= 0.6 is 0 Å². The summed E-state index contributed by atoms with van der Waals surface area (Å²) in [4.78, 5) is 11.3. The lowest BCUT2D eigenvalue weighted by Gasteiger charge is -2.14. The molecule has 2 heteroatoms. The summed E-state index contributed by atoms with van der Waals surface area (Å²) in [7, 11) is 0. The quantitative estimate of drug-likeness (QED) is 0.543. The van der Waals surface area contributed by atoms with Gasteiger partial charge in [-0.1, -0.05) is 5.57 Å². The molecule has 1 amide bonds. The van der Waals surface area contributed by atoms with Crippen molar-refractivity contribution in [1.29, 1.82) is 0 Å². The number of fused-ring (bicyclic) bond motifs is 4. The van der Waals surface area contributed by atoms with Gasteiger partial charge in [-0.15, -0.1) is 0 Å². The molecule has 0 aromatic rings. The summed E-state index contributed by atoms with van der Waals surface area (Å²) in [6.07, 6.45) is 3.76. The highest BCUT2D eigenvalue weighted by Crippen LogP contribution is 2.49. The highest BCUT2D eigenvalue weighted by Gasteiger charge is 2.45. The summed E-state index contributed by atoms with van der Waals surface area (Å²) >= 11 is 0. The van der Waals surface area contributed by atoms with Crippen molar-refractivity contribution in [2.45, 2.75) is 19.3 Å². The topological polar surface area (TPSA) is 29.1 Å². The van der Waals surface area contributed by atoms with Gasteiger partial charge in [-0.3, -0.25) is 4.79 Å². The molecule has 3 aliphatic rings. The number of allylic oxidation sites excluding steroid dienone is 1. The van der Waals surface area contributed by atoms with Gasteiger partial charge in [-0.2, -0.15) is 0 Å². The smallest absolute Gasteiger partial charge is 0.247 e. The van der Waals surface area contributed by atoms with Gasteiger partial charge in [0.15, 0.2) is 0 Å². The Labute approximate surface area is 65.7 Å². The third kappa shape index (κ3) is 0.561. The monoisotopic (exact) mass is 149 g/mol. The molecule has 1 N–H and O–H groups in total. The summed E-state index contributed by atoms with van der Waals surface area (Å²) in [5.41, 5.74) is 2.64. The highest BCUT2D eigenvalue weighted by atomic mass is 16.2. The minimum absolute atomic E-state index is 0.229. The molecule has 2 bridgehead atoms. The van der Waals surface area contributed by atoms with Crippen LogP contribution in [-0.2, 0) is 4.79 Å². The second-order valence-electron chi connectivity index (χ2n) is 3.84. The van der Waals surface area contributed by atoms with Gasteiger partial charge in [0.05, 0.1) is 0 Å². The van der Waals surface area contributed by atoms with Crippen molar-refractivity contribution < 1.29 is 4.79 Å². The first-order valence-electron chi connectivity index (χ1n) is 4.36. The average molecular weight is 149 g/mol. The number of rotatable bonds is 0. The van der Waals surface area contributed by atoms with Crippen molar-refractivity contribution in [3.05, 3.63) is 11.1 Å². The Kier molecular flexibility index (Phi) is 0.888. The number of carbonyl (C=O) groups excluding carboxylic acids is 1. The second kappa shape index (κ2) is 1.68. The summed E-state index contributed by atoms with van der Waals surface area (Å²) in [5, 5.41) is 2.93. The first-order chi connectivity index (χ1) is 5.36. The van der Waals surface area contributed by atoms with Gasteiger partial charge in [0.2, 0.25) is 5.91 Å². The molecule has 2 atom stereocenters. The maximum atomic E-state index is 11.3. The van der Waals surface area contributed by atoms with Crippen LogP contribution in [0.25, 0.3) is 0 Å². The van der Waals surface area contributed by atoms with E-state index in [-0.39, 0.29) is 5.91 Å². The lowest BCUT2D eigenvalue weighted by molar-refractivity contribution is -0.116. The van der Waals surface area contributed by atoms with Gasteiger partial charge in [0, 0.05) is 18.0 Å². The Morgan fingerprint density at radius 2 is 2.36 bits per heavy atom. The fraction of sp³-hybridized carbons (Fsp3) is 0.667. The van der Waals surface area contributed by atoms with E-state index in [1.165, 1.54) is 30.4 Å². The molecule has 1 heterocycles. The number of nitrogens with one attached hydrogen (secondary N) is 1. The normalized spacial score (nSPS) is 39.8. The molecular formula is C9H11NO. The van der Waals surface area contributed by atoms with Gasteiger partial charge >= 0.3 is 0 Å². The summed E-state index contributed by atoms with van der Waals surface area (Å²) in [5.74, 6) is 1.65. The van der Waals surface area contributed by atoms with Gasteiger partial charge in [-0.25, -0.2) is 0 Å². The predicted molar refractivity (Wildman–Crippen MR) is 40.9 cm³/mol. The maximum Gasteiger partial charge on any atom is 0.247 e. The van der Waals surface area contributed by atoms with E-state index < -0.39 is 0 Å². The molecule has 2 unspecified atom stereocenters. The van der Waals surface area contributed by atoms with E-state index >= 15 is 0 Å². The van der Waals surface area contributed by atoms with Gasteiger partial charge in [0.1, 0.15) is 0 Å². The molecule has 2 nitrogen and oxygen atoms in total. The van der Waals surface area contributed by atoms with Crippen LogP contribution in [0, 0.1) is 11.8 Å². The molecule has 0 spiro atoms. The highest BCUT2D eigenvalue weighted by molar-refractivity contribution is 5.98. The fourth-order valence-corrected chi connectivity index (χ4v) is 2.86. The lowest BCUT2D eigenvalue weighted by Crippen LogP contribution is -2.16. The molecule has 2 fully saturated rings. The van der Waals surface area contributed by atoms with E-state index in [9.17, 15) is 4.79 Å². The zero-order valence-electron chi connectivity index (χ0n) is 6.39. The first-order valence-corrected chi connectivity index (χ1v) is 4.36. The minimum Gasteiger partial charge on any atom is -0.352 e. The first kappa shape index (κ1) is 5.81. The van der Waals surface area contributed by atoms with E-state index in [0.717, 1.165) is 12.5 Å². The van der Waals surface area contributed by atoms with Crippen molar-refractivity contribution in [1.82, 2.24) is 5.32 Å². The Bertz CT molecular complexity index is 267. The molecule has 0 radical (unpaired) electrons. The van der Waals surface area contributed by atoms with Gasteiger partial charge in [0.25, 0.3) is 0 Å². The Hall–Kier alpha value is -0.790. The molecule has 2 aliphatic carbocycles. The summed E-state index contributed by atoms with van der Waals surface area (Å²) in [6, 6.07) is 0. The number of hydrogen-bond acceptors (Lipinski definition) is 1. The Morgan fingerprint density at radius 3 is 3.18 bits per heavy atom. The Balaban J connectivity index is 2.14. The number of amides is 1. The van der Waals surface area contributed by atoms with E-state index in [1.54, 1.807) is 0 Å². The van der Waals surface area contributed by atoms with Crippen LogP contribution in [0.5, 0.6) is 0 Å². The zero-order valence-corrected chi connectivity index (χ0v) is 6.39. The van der Waals surface area contributed by atoms with E-state index in [2.05, 4.69) is 5.32 Å². The second-order valence-corrected chi connectivity index (χ2v) is 3.84. The molecule has 1 saturated carbocycles. The number of carbonyl (C=O) groups is 1. The third-order valence-electron chi connectivity index (χ3n) is 3.37. The summed E-state index contributed by atoms with van der Waals surface area (Å²) < 4.78 is 0.